The Morgan fingerprint density at radius 1 is 0.844 bits per heavy atom. The molecule has 0 amide bonds. The summed E-state index contributed by atoms with van der Waals surface area (Å²) in [6, 6.07) is 25.2. The average molecular weight is 445 g/mol. The van der Waals surface area contributed by atoms with Crippen LogP contribution in [0.2, 0.25) is 0 Å². The zero-order valence-corrected chi connectivity index (χ0v) is 18.1. The molecule has 0 saturated carbocycles. The summed E-state index contributed by atoms with van der Waals surface area (Å²) in [7, 11) is -2.16. The fourth-order valence-corrected chi connectivity index (χ4v) is 4.65. The van der Waals surface area contributed by atoms with Gasteiger partial charge in [-0.15, -0.1) is 0 Å². The monoisotopic (exact) mass is 444 g/mol. The lowest BCUT2D eigenvalue weighted by Crippen LogP contribution is -2.16. The molecule has 5 aromatic rings. The molecule has 7 nitrogen and oxygen atoms in total. The number of nitrogens with one attached hydrogen (secondary N) is 1. The molecule has 0 aliphatic rings. The molecule has 0 fully saturated rings. The third-order valence-corrected chi connectivity index (χ3v) is 6.56. The van der Waals surface area contributed by atoms with E-state index < -0.39 is 10.0 Å². The van der Waals surface area contributed by atoms with Crippen LogP contribution < -0.4 is 9.46 Å². The second-order valence-electron chi connectivity index (χ2n) is 7.30. The van der Waals surface area contributed by atoms with Crippen LogP contribution in [0.5, 0.6) is 5.75 Å². The van der Waals surface area contributed by atoms with Crippen molar-refractivity contribution in [3.8, 4) is 5.75 Å². The molecule has 2 heterocycles. The molecule has 0 aliphatic carbocycles. The van der Waals surface area contributed by atoms with E-state index in [1.807, 2.05) is 53.1 Å². The molecule has 2 aromatic heterocycles. The van der Waals surface area contributed by atoms with Gasteiger partial charge in [0, 0.05) is 6.07 Å². The van der Waals surface area contributed by atoms with Gasteiger partial charge in [0.05, 0.1) is 29.6 Å². The van der Waals surface area contributed by atoms with Gasteiger partial charge in [-0.3, -0.25) is 4.72 Å². The van der Waals surface area contributed by atoms with Crippen molar-refractivity contribution in [3.63, 3.8) is 0 Å². The fraction of sp³-hybridized carbons (Fsp3) is 0.0833. The maximum absolute atomic E-state index is 13.0. The van der Waals surface area contributed by atoms with Crippen LogP contribution in [-0.4, -0.2) is 30.1 Å². The average Bonchev–Trinajstić information content (AvgIpc) is 3.13. The van der Waals surface area contributed by atoms with Crippen LogP contribution >= 0.6 is 0 Å². The third kappa shape index (κ3) is 3.76. The first-order valence-electron chi connectivity index (χ1n) is 10.0. The summed E-state index contributed by atoms with van der Waals surface area (Å²) in [5, 5.41) is 0. The number of para-hydroxylation sites is 2. The number of anilines is 1. The van der Waals surface area contributed by atoms with Crippen LogP contribution in [-0.2, 0) is 16.6 Å². The summed E-state index contributed by atoms with van der Waals surface area (Å²) < 4.78 is 35.8. The van der Waals surface area contributed by atoms with Gasteiger partial charge in [-0.2, -0.15) is 0 Å². The molecule has 0 saturated heterocycles. The number of methoxy groups -OCH3 is 1. The Labute approximate surface area is 185 Å². The molecule has 0 unspecified atom stereocenters. The van der Waals surface area contributed by atoms with Crippen LogP contribution in [0.25, 0.3) is 22.2 Å². The minimum Gasteiger partial charge on any atom is -0.497 e. The van der Waals surface area contributed by atoms with Crippen molar-refractivity contribution >= 4 is 38.0 Å². The number of nitrogens with zero attached hydrogens (tertiary/aromatic N) is 3. The van der Waals surface area contributed by atoms with Crippen LogP contribution in [0.4, 0.5) is 5.82 Å². The van der Waals surface area contributed by atoms with Crippen molar-refractivity contribution in [1.82, 2.24) is 14.5 Å². The van der Waals surface area contributed by atoms with E-state index in [9.17, 15) is 8.42 Å². The summed E-state index contributed by atoms with van der Waals surface area (Å²) in [5.41, 5.74) is 3.68. The lowest BCUT2D eigenvalue weighted by Gasteiger charge is -2.13. The molecular weight excluding hydrogens is 424 g/mol. The molecule has 32 heavy (non-hydrogen) atoms. The second kappa shape index (κ2) is 7.97. The van der Waals surface area contributed by atoms with Gasteiger partial charge >= 0.3 is 0 Å². The Balaban J connectivity index is 1.64. The van der Waals surface area contributed by atoms with Gasteiger partial charge in [0.15, 0.2) is 5.65 Å². The lowest BCUT2D eigenvalue weighted by molar-refractivity contribution is 0.414. The normalized spacial score (nSPS) is 11.7. The van der Waals surface area contributed by atoms with Crippen molar-refractivity contribution in [2.45, 2.75) is 11.4 Å². The van der Waals surface area contributed by atoms with Crippen LogP contribution in [0.3, 0.4) is 0 Å². The predicted molar refractivity (Wildman–Crippen MR) is 124 cm³/mol. The van der Waals surface area contributed by atoms with Gasteiger partial charge in [-0.05, 0) is 42.0 Å². The minimum atomic E-state index is -3.78. The summed E-state index contributed by atoms with van der Waals surface area (Å²) in [4.78, 5) is 9.65. The highest BCUT2D eigenvalue weighted by molar-refractivity contribution is 7.92. The largest absolute Gasteiger partial charge is 0.497 e. The van der Waals surface area contributed by atoms with E-state index in [-0.39, 0.29) is 4.90 Å². The SMILES string of the molecule is COc1ccc(Cn2c(NS(=O)(=O)c3ccccc3)cc3nc4ccccc4nc32)cc1. The number of fused-ring (bicyclic) bond motifs is 2. The molecule has 0 spiro atoms. The predicted octanol–water partition coefficient (Wildman–Crippen LogP) is 4.44. The van der Waals surface area contributed by atoms with Crippen molar-refractivity contribution in [2.75, 3.05) is 11.8 Å². The van der Waals surface area contributed by atoms with Gasteiger partial charge in [-0.1, -0.05) is 42.5 Å². The van der Waals surface area contributed by atoms with Crippen molar-refractivity contribution in [2.24, 2.45) is 0 Å². The van der Waals surface area contributed by atoms with Crippen LogP contribution in [0.1, 0.15) is 5.56 Å². The Hall–Kier alpha value is -3.91. The van der Waals surface area contributed by atoms with Gasteiger partial charge in [0.2, 0.25) is 0 Å². The summed E-state index contributed by atoms with van der Waals surface area (Å²) in [6.07, 6.45) is 0. The number of hydrogen-bond donors (Lipinski definition) is 1. The van der Waals surface area contributed by atoms with E-state index in [0.717, 1.165) is 22.3 Å². The maximum Gasteiger partial charge on any atom is 0.263 e. The molecule has 0 atom stereocenters. The lowest BCUT2D eigenvalue weighted by atomic mass is 10.2. The number of hydrogen-bond acceptors (Lipinski definition) is 5. The molecule has 0 radical (unpaired) electrons. The van der Waals surface area contributed by atoms with E-state index in [1.54, 1.807) is 43.5 Å². The Kier molecular flexibility index (Phi) is 4.99. The van der Waals surface area contributed by atoms with Crippen molar-refractivity contribution < 1.29 is 13.2 Å². The van der Waals surface area contributed by atoms with Gasteiger partial charge < -0.3 is 9.30 Å². The first kappa shape index (κ1) is 20.0. The molecule has 3 aromatic carbocycles. The summed E-state index contributed by atoms with van der Waals surface area (Å²) in [5.74, 6) is 1.15. The Bertz CT molecular complexity index is 1510. The number of benzene rings is 3. The molecule has 5 rings (SSSR count). The molecule has 1 N–H and O–H groups in total. The smallest absolute Gasteiger partial charge is 0.263 e. The van der Waals surface area contributed by atoms with Gasteiger partial charge in [0.25, 0.3) is 10.0 Å². The molecule has 0 bridgehead atoms. The number of aromatic nitrogens is 3. The minimum absolute atomic E-state index is 0.187. The van der Waals surface area contributed by atoms with Crippen LogP contribution in [0, 0.1) is 0 Å². The van der Waals surface area contributed by atoms with Gasteiger partial charge in [-0.25, -0.2) is 18.4 Å². The van der Waals surface area contributed by atoms with Crippen molar-refractivity contribution in [3.05, 3.63) is 90.5 Å². The number of ether oxygens (including phenoxy) is 1. The summed E-state index contributed by atoms with van der Waals surface area (Å²) in [6.45, 7) is 0.410. The fourth-order valence-electron chi connectivity index (χ4n) is 3.58. The Morgan fingerprint density at radius 3 is 2.19 bits per heavy atom. The molecule has 0 aliphatic heterocycles. The zero-order chi connectivity index (χ0) is 22.1. The summed E-state index contributed by atoms with van der Waals surface area (Å²) >= 11 is 0. The van der Waals surface area contributed by atoms with E-state index in [2.05, 4.69) is 4.72 Å². The first-order chi connectivity index (χ1) is 15.5. The second-order valence-corrected chi connectivity index (χ2v) is 8.99. The van der Waals surface area contributed by atoms with Gasteiger partial charge in [0.1, 0.15) is 17.1 Å². The number of sulfonamides is 1. The third-order valence-electron chi connectivity index (χ3n) is 5.19. The standard InChI is InChI=1S/C24H20N4O3S/c1-31-18-13-11-17(12-14-18)16-28-23(27-32(29,30)19-7-3-2-4-8-19)15-22-24(28)26-21-10-6-5-9-20(21)25-22/h2-15,27H,16H2,1H3. The Morgan fingerprint density at radius 2 is 1.50 bits per heavy atom. The van der Waals surface area contributed by atoms with E-state index in [1.165, 1.54) is 0 Å². The molecular formula is C24H20N4O3S. The quantitative estimate of drug-likeness (QED) is 0.418. The molecule has 160 valence electrons. The van der Waals surface area contributed by atoms with E-state index in [0.29, 0.717) is 23.5 Å². The highest BCUT2D eigenvalue weighted by Crippen LogP contribution is 2.27. The number of rotatable bonds is 6. The van der Waals surface area contributed by atoms with Crippen LogP contribution in [0.15, 0.2) is 89.8 Å². The maximum atomic E-state index is 13.0. The highest BCUT2D eigenvalue weighted by atomic mass is 32.2. The topological polar surface area (TPSA) is 86.1 Å². The van der Waals surface area contributed by atoms with E-state index in [4.69, 9.17) is 14.7 Å². The highest BCUT2D eigenvalue weighted by Gasteiger charge is 2.19. The zero-order valence-electron chi connectivity index (χ0n) is 17.3. The van der Waals surface area contributed by atoms with E-state index >= 15 is 0 Å². The molecule has 8 heteroatoms. The first-order valence-corrected chi connectivity index (χ1v) is 11.5. The van der Waals surface area contributed by atoms with Crippen molar-refractivity contribution in [1.29, 1.82) is 0 Å².